The zero-order valence-electron chi connectivity index (χ0n) is 11.7. The van der Waals surface area contributed by atoms with Crippen LogP contribution >= 0.6 is 0 Å². The molecule has 1 aromatic carbocycles. The first kappa shape index (κ1) is 15.5. The van der Waals surface area contributed by atoms with E-state index in [1.807, 2.05) is 6.92 Å². The van der Waals surface area contributed by atoms with E-state index in [1.54, 1.807) is 13.0 Å². The van der Waals surface area contributed by atoms with Crippen molar-refractivity contribution in [2.75, 3.05) is 6.54 Å². The first-order valence-corrected chi connectivity index (χ1v) is 6.56. The number of hydrogen-bond donors (Lipinski definition) is 1. The molecule has 0 aliphatic carbocycles. The second-order valence-corrected chi connectivity index (χ2v) is 4.78. The Kier molecular flexibility index (Phi) is 4.62. The van der Waals surface area contributed by atoms with Crippen LogP contribution in [0.2, 0.25) is 0 Å². The number of benzene rings is 1. The summed E-state index contributed by atoms with van der Waals surface area (Å²) in [5, 5.41) is 6.90. The fourth-order valence-corrected chi connectivity index (χ4v) is 1.95. The van der Waals surface area contributed by atoms with Crippen molar-refractivity contribution >= 4 is 0 Å². The van der Waals surface area contributed by atoms with Crippen LogP contribution in [0.15, 0.2) is 28.8 Å². The predicted molar refractivity (Wildman–Crippen MR) is 70.6 cm³/mol. The molecular weight excluding hydrogens is 283 g/mol. The summed E-state index contributed by atoms with van der Waals surface area (Å²) in [6.07, 6.45) is -3.77. The lowest BCUT2D eigenvalue weighted by Crippen LogP contribution is -2.22. The SMILES string of the molecule is Cc1nc(CCNC(C)c2cccc(C(F)(F)F)c2)no1. The maximum Gasteiger partial charge on any atom is 0.416 e. The van der Waals surface area contributed by atoms with E-state index in [9.17, 15) is 13.2 Å². The minimum absolute atomic E-state index is 0.194. The Morgan fingerprint density at radius 3 is 2.71 bits per heavy atom. The fraction of sp³-hybridized carbons (Fsp3) is 0.429. The fourth-order valence-electron chi connectivity index (χ4n) is 1.95. The summed E-state index contributed by atoms with van der Waals surface area (Å²) in [4.78, 5) is 4.06. The topological polar surface area (TPSA) is 51.0 Å². The Labute approximate surface area is 120 Å². The summed E-state index contributed by atoms with van der Waals surface area (Å²) in [7, 11) is 0. The first-order valence-electron chi connectivity index (χ1n) is 6.56. The van der Waals surface area contributed by atoms with Gasteiger partial charge in [-0.05, 0) is 24.6 Å². The Balaban J connectivity index is 1.92. The standard InChI is InChI=1S/C14H16F3N3O/c1-9(18-7-6-13-19-10(2)21-20-13)11-4-3-5-12(8-11)14(15,16)17/h3-5,8-9,18H,6-7H2,1-2H3. The molecule has 0 saturated carbocycles. The van der Waals surface area contributed by atoms with Crippen LogP contribution in [0.25, 0.3) is 0 Å². The number of rotatable bonds is 5. The van der Waals surface area contributed by atoms with Gasteiger partial charge in [-0.25, -0.2) is 0 Å². The van der Waals surface area contributed by atoms with Gasteiger partial charge < -0.3 is 9.84 Å². The molecule has 114 valence electrons. The third-order valence-corrected chi connectivity index (χ3v) is 3.08. The summed E-state index contributed by atoms with van der Waals surface area (Å²) in [5.74, 6) is 1.08. The lowest BCUT2D eigenvalue weighted by molar-refractivity contribution is -0.137. The van der Waals surface area contributed by atoms with E-state index in [2.05, 4.69) is 15.5 Å². The highest BCUT2D eigenvalue weighted by atomic mass is 19.4. The summed E-state index contributed by atoms with van der Waals surface area (Å²) in [5.41, 5.74) is -0.0449. The quantitative estimate of drug-likeness (QED) is 0.920. The van der Waals surface area contributed by atoms with E-state index in [-0.39, 0.29) is 6.04 Å². The van der Waals surface area contributed by atoms with Crippen molar-refractivity contribution in [2.45, 2.75) is 32.5 Å². The van der Waals surface area contributed by atoms with Gasteiger partial charge in [0.2, 0.25) is 5.89 Å². The molecule has 0 aliphatic heterocycles. The van der Waals surface area contributed by atoms with Gasteiger partial charge in [0.05, 0.1) is 5.56 Å². The van der Waals surface area contributed by atoms with E-state index < -0.39 is 11.7 Å². The molecule has 0 bridgehead atoms. The van der Waals surface area contributed by atoms with Crippen molar-refractivity contribution < 1.29 is 17.7 Å². The highest BCUT2D eigenvalue weighted by Gasteiger charge is 2.30. The highest BCUT2D eigenvalue weighted by molar-refractivity contribution is 5.27. The average molecular weight is 299 g/mol. The largest absolute Gasteiger partial charge is 0.416 e. The molecule has 1 unspecified atom stereocenters. The summed E-state index contributed by atoms with van der Waals surface area (Å²) in [6.45, 7) is 4.07. The Bertz CT molecular complexity index is 595. The van der Waals surface area contributed by atoms with E-state index >= 15 is 0 Å². The average Bonchev–Trinajstić information content (AvgIpc) is 2.83. The molecule has 0 radical (unpaired) electrons. The van der Waals surface area contributed by atoms with Crippen LogP contribution in [-0.4, -0.2) is 16.7 Å². The number of aromatic nitrogens is 2. The van der Waals surface area contributed by atoms with Crippen molar-refractivity contribution in [1.82, 2.24) is 15.5 Å². The third kappa shape index (κ3) is 4.29. The van der Waals surface area contributed by atoms with Gasteiger partial charge in [-0.3, -0.25) is 0 Å². The molecule has 1 N–H and O–H groups in total. The molecule has 1 atom stereocenters. The maximum absolute atomic E-state index is 12.7. The molecule has 1 heterocycles. The highest BCUT2D eigenvalue weighted by Crippen LogP contribution is 2.30. The van der Waals surface area contributed by atoms with E-state index in [0.29, 0.717) is 30.2 Å². The molecule has 7 heteroatoms. The number of nitrogens with one attached hydrogen (secondary N) is 1. The molecule has 2 rings (SSSR count). The zero-order valence-corrected chi connectivity index (χ0v) is 11.7. The number of nitrogens with zero attached hydrogens (tertiary/aromatic N) is 2. The molecule has 1 aromatic heterocycles. The molecule has 0 saturated heterocycles. The van der Waals surface area contributed by atoms with Gasteiger partial charge in [0.1, 0.15) is 0 Å². The van der Waals surface area contributed by atoms with Crippen LogP contribution in [0, 0.1) is 6.92 Å². The van der Waals surface area contributed by atoms with Crippen LogP contribution in [0.4, 0.5) is 13.2 Å². The first-order chi connectivity index (χ1) is 9.86. The van der Waals surface area contributed by atoms with Crippen molar-refractivity contribution in [2.24, 2.45) is 0 Å². The monoisotopic (exact) mass is 299 g/mol. The van der Waals surface area contributed by atoms with Crippen molar-refractivity contribution in [1.29, 1.82) is 0 Å². The molecule has 0 spiro atoms. The van der Waals surface area contributed by atoms with Crippen molar-refractivity contribution in [3.63, 3.8) is 0 Å². The Morgan fingerprint density at radius 1 is 1.33 bits per heavy atom. The molecule has 0 fully saturated rings. The van der Waals surface area contributed by atoms with Crippen LogP contribution in [-0.2, 0) is 12.6 Å². The predicted octanol–water partition coefficient (Wildman–Crippen LogP) is 3.29. The van der Waals surface area contributed by atoms with Crippen molar-refractivity contribution in [3.8, 4) is 0 Å². The lowest BCUT2D eigenvalue weighted by atomic mass is 10.0. The van der Waals surface area contributed by atoms with E-state index in [0.717, 1.165) is 12.1 Å². The summed E-state index contributed by atoms with van der Waals surface area (Å²) >= 11 is 0. The zero-order chi connectivity index (χ0) is 15.5. The summed E-state index contributed by atoms with van der Waals surface area (Å²) in [6, 6.07) is 5.12. The number of aryl methyl sites for hydroxylation is 1. The molecule has 2 aromatic rings. The second-order valence-electron chi connectivity index (χ2n) is 4.78. The van der Waals surface area contributed by atoms with Gasteiger partial charge in [0, 0.05) is 25.9 Å². The van der Waals surface area contributed by atoms with Gasteiger partial charge >= 0.3 is 6.18 Å². The molecular formula is C14H16F3N3O. The van der Waals surface area contributed by atoms with E-state index in [1.165, 1.54) is 6.07 Å². The van der Waals surface area contributed by atoms with Gasteiger partial charge in [-0.15, -0.1) is 0 Å². The van der Waals surface area contributed by atoms with Crippen LogP contribution < -0.4 is 5.32 Å². The summed E-state index contributed by atoms with van der Waals surface area (Å²) < 4.78 is 42.8. The molecule has 4 nitrogen and oxygen atoms in total. The van der Waals surface area contributed by atoms with Gasteiger partial charge in [0.25, 0.3) is 0 Å². The Hall–Kier alpha value is -1.89. The van der Waals surface area contributed by atoms with Crippen LogP contribution in [0.1, 0.15) is 35.8 Å². The maximum atomic E-state index is 12.7. The Morgan fingerprint density at radius 2 is 2.10 bits per heavy atom. The minimum Gasteiger partial charge on any atom is -0.340 e. The second kappa shape index (κ2) is 6.26. The third-order valence-electron chi connectivity index (χ3n) is 3.08. The normalized spacial score (nSPS) is 13.4. The van der Waals surface area contributed by atoms with Gasteiger partial charge in [-0.2, -0.15) is 18.2 Å². The smallest absolute Gasteiger partial charge is 0.340 e. The van der Waals surface area contributed by atoms with Crippen molar-refractivity contribution in [3.05, 3.63) is 47.1 Å². The van der Waals surface area contributed by atoms with Crippen LogP contribution in [0.5, 0.6) is 0 Å². The van der Waals surface area contributed by atoms with Crippen LogP contribution in [0.3, 0.4) is 0 Å². The molecule has 0 amide bonds. The number of hydrogen-bond acceptors (Lipinski definition) is 4. The molecule has 21 heavy (non-hydrogen) atoms. The van der Waals surface area contributed by atoms with E-state index in [4.69, 9.17) is 4.52 Å². The number of alkyl halides is 3. The molecule has 0 aliphatic rings. The number of halogens is 3. The van der Waals surface area contributed by atoms with Gasteiger partial charge in [0.15, 0.2) is 5.82 Å². The van der Waals surface area contributed by atoms with Gasteiger partial charge in [-0.1, -0.05) is 17.3 Å². The lowest BCUT2D eigenvalue weighted by Gasteiger charge is -2.15. The minimum atomic E-state index is -4.32.